The minimum atomic E-state index is -0.0663. The van der Waals surface area contributed by atoms with Crippen molar-refractivity contribution in [3.05, 3.63) is 29.7 Å². The van der Waals surface area contributed by atoms with Crippen molar-refractivity contribution in [1.82, 2.24) is 15.5 Å². The van der Waals surface area contributed by atoms with Gasteiger partial charge in [-0.15, -0.1) is 0 Å². The monoisotopic (exact) mass is 273 g/mol. The second-order valence-corrected chi connectivity index (χ2v) is 5.61. The highest BCUT2D eigenvalue weighted by Crippen LogP contribution is 2.33. The minimum absolute atomic E-state index is 0.0663. The van der Waals surface area contributed by atoms with E-state index < -0.39 is 0 Å². The summed E-state index contributed by atoms with van der Waals surface area (Å²) < 4.78 is 10.9. The molecule has 0 spiro atoms. The van der Waals surface area contributed by atoms with Gasteiger partial charge in [0.25, 0.3) is 0 Å². The third-order valence-electron chi connectivity index (χ3n) is 3.91. The van der Waals surface area contributed by atoms with E-state index in [1.54, 1.807) is 7.11 Å². The molecule has 1 atom stereocenters. The van der Waals surface area contributed by atoms with Crippen LogP contribution in [0, 0.1) is 6.92 Å². The van der Waals surface area contributed by atoms with Gasteiger partial charge in [0.05, 0.1) is 18.1 Å². The number of benzene rings is 1. The van der Waals surface area contributed by atoms with Crippen LogP contribution < -0.4 is 10.1 Å². The molecule has 3 rings (SSSR count). The topological polar surface area (TPSA) is 60.2 Å². The van der Waals surface area contributed by atoms with E-state index in [0.717, 1.165) is 36.4 Å². The molecular formula is C15H19N3O2. The number of hydrogen-bond acceptors (Lipinski definition) is 5. The van der Waals surface area contributed by atoms with Crippen LogP contribution in [-0.2, 0) is 5.41 Å². The number of methoxy groups -OCH3 is 1. The Kier molecular flexibility index (Phi) is 3.22. The Labute approximate surface area is 118 Å². The first-order chi connectivity index (χ1) is 9.62. The Balaban J connectivity index is 1.98. The molecule has 2 heterocycles. The Morgan fingerprint density at radius 2 is 2.25 bits per heavy atom. The first kappa shape index (κ1) is 13.1. The number of aryl methyl sites for hydroxylation is 1. The SMILES string of the molecule is COc1cc(C)ccc1-c1noc(C2(C)CCNC2)n1. The third-order valence-corrected chi connectivity index (χ3v) is 3.91. The summed E-state index contributed by atoms with van der Waals surface area (Å²) in [5, 5.41) is 7.46. The van der Waals surface area contributed by atoms with Crippen molar-refractivity contribution >= 4 is 0 Å². The normalized spacial score (nSPS) is 22.1. The van der Waals surface area contributed by atoms with Crippen molar-refractivity contribution in [1.29, 1.82) is 0 Å². The summed E-state index contributed by atoms with van der Waals surface area (Å²) in [6, 6.07) is 5.97. The lowest BCUT2D eigenvalue weighted by molar-refractivity contribution is 0.306. The van der Waals surface area contributed by atoms with E-state index >= 15 is 0 Å². The Morgan fingerprint density at radius 3 is 2.95 bits per heavy atom. The molecule has 0 radical (unpaired) electrons. The van der Waals surface area contributed by atoms with E-state index in [9.17, 15) is 0 Å². The molecule has 0 saturated carbocycles. The van der Waals surface area contributed by atoms with Gasteiger partial charge >= 0.3 is 0 Å². The van der Waals surface area contributed by atoms with Crippen LogP contribution in [0.3, 0.4) is 0 Å². The van der Waals surface area contributed by atoms with Crippen molar-refractivity contribution in [3.8, 4) is 17.1 Å². The molecule has 1 aromatic carbocycles. The highest BCUT2D eigenvalue weighted by Gasteiger charge is 2.36. The van der Waals surface area contributed by atoms with Crippen LogP contribution in [0.1, 0.15) is 24.8 Å². The fraction of sp³-hybridized carbons (Fsp3) is 0.467. The van der Waals surface area contributed by atoms with Gasteiger partial charge in [-0.25, -0.2) is 0 Å². The van der Waals surface area contributed by atoms with Gasteiger partial charge in [-0.2, -0.15) is 4.98 Å². The number of rotatable bonds is 3. The molecule has 0 amide bonds. The molecule has 0 aliphatic carbocycles. The summed E-state index contributed by atoms with van der Waals surface area (Å²) in [7, 11) is 1.65. The molecule has 2 aromatic rings. The maximum absolute atomic E-state index is 5.48. The summed E-state index contributed by atoms with van der Waals surface area (Å²) in [6.07, 6.45) is 1.01. The molecule has 106 valence electrons. The van der Waals surface area contributed by atoms with E-state index in [-0.39, 0.29) is 5.41 Å². The molecule has 1 aromatic heterocycles. The number of aromatic nitrogens is 2. The predicted octanol–water partition coefficient (Wildman–Crippen LogP) is 2.30. The molecule has 5 heteroatoms. The first-order valence-electron chi connectivity index (χ1n) is 6.82. The van der Waals surface area contributed by atoms with E-state index in [1.807, 2.05) is 25.1 Å². The maximum atomic E-state index is 5.48. The van der Waals surface area contributed by atoms with Crippen molar-refractivity contribution in [2.45, 2.75) is 25.7 Å². The average Bonchev–Trinajstić information content (AvgIpc) is 3.08. The fourth-order valence-corrected chi connectivity index (χ4v) is 2.56. The average molecular weight is 273 g/mol. The molecule has 1 unspecified atom stereocenters. The molecule has 1 fully saturated rings. The third kappa shape index (κ3) is 2.18. The summed E-state index contributed by atoms with van der Waals surface area (Å²) in [6.45, 7) is 6.04. The van der Waals surface area contributed by atoms with Crippen LogP contribution in [0.4, 0.5) is 0 Å². The fourth-order valence-electron chi connectivity index (χ4n) is 2.56. The molecular weight excluding hydrogens is 254 g/mol. The van der Waals surface area contributed by atoms with Crippen LogP contribution in [-0.4, -0.2) is 30.3 Å². The summed E-state index contributed by atoms with van der Waals surface area (Å²) in [5.41, 5.74) is 1.94. The molecule has 1 aliphatic rings. The quantitative estimate of drug-likeness (QED) is 0.930. The van der Waals surface area contributed by atoms with E-state index in [2.05, 4.69) is 22.4 Å². The highest BCUT2D eigenvalue weighted by molar-refractivity contribution is 5.64. The van der Waals surface area contributed by atoms with Gasteiger partial charge in [-0.1, -0.05) is 11.2 Å². The second-order valence-electron chi connectivity index (χ2n) is 5.61. The van der Waals surface area contributed by atoms with Crippen LogP contribution in [0.5, 0.6) is 5.75 Å². The lowest BCUT2D eigenvalue weighted by Crippen LogP contribution is -2.25. The van der Waals surface area contributed by atoms with Crippen LogP contribution >= 0.6 is 0 Å². The summed E-state index contributed by atoms with van der Waals surface area (Å²) >= 11 is 0. The molecule has 5 nitrogen and oxygen atoms in total. The van der Waals surface area contributed by atoms with Crippen LogP contribution in [0.25, 0.3) is 11.4 Å². The first-order valence-corrected chi connectivity index (χ1v) is 6.82. The highest BCUT2D eigenvalue weighted by atomic mass is 16.5. The molecule has 1 aliphatic heterocycles. The largest absolute Gasteiger partial charge is 0.496 e. The summed E-state index contributed by atoms with van der Waals surface area (Å²) in [4.78, 5) is 4.57. The van der Waals surface area contributed by atoms with Gasteiger partial charge in [0.1, 0.15) is 5.75 Å². The number of hydrogen-bond donors (Lipinski definition) is 1. The summed E-state index contributed by atoms with van der Waals surface area (Å²) in [5.74, 6) is 2.05. The van der Waals surface area contributed by atoms with Crippen molar-refractivity contribution in [2.75, 3.05) is 20.2 Å². The lowest BCUT2D eigenvalue weighted by Gasteiger charge is -2.15. The molecule has 20 heavy (non-hydrogen) atoms. The van der Waals surface area contributed by atoms with Gasteiger partial charge in [-0.05, 0) is 44.5 Å². The number of nitrogens with one attached hydrogen (secondary N) is 1. The van der Waals surface area contributed by atoms with Gasteiger partial charge in [0.15, 0.2) is 0 Å². The van der Waals surface area contributed by atoms with E-state index in [4.69, 9.17) is 9.26 Å². The van der Waals surface area contributed by atoms with Crippen molar-refractivity contribution < 1.29 is 9.26 Å². The van der Waals surface area contributed by atoms with E-state index in [0.29, 0.717) is 11.7 Å². The predicted molar refractivity (Wildman–Crippen MR) is 75.9 cm³/mol. The zero-order valence-corrected chi connectivity index (χ0v) is 12.1. The second kappa shape index (κ2) is 4.90. The van der Waals surface area contributed by atoms with Crippen molar-refractivity contribution in [2.24, 2.45) is 0 Å². The number of nitrogens with zero attached hydrogens (tertiary/aromatic N) is 2. The van der Waals surface area contributed by atoms with E-state index in [1.165, 1.54) is 0 Å². The zero-order chi connectivity index (χ0) is 14.2. The number of ether oxygens (including phenoxy) is 1. The zero-order valence-electron chi connectivity index (χ0n) is 12.1. The van der Waals surface area contributed by atoms with Gasteiger partial charge in [0, 0.05) is 6.54 Å². The maximum Gasteiger partial charge on any atom is 0.234 e. The van der Waals surface area contributed by atoms with Gasteiger partial charge in [0.2, 0.25) is 11.7 Å². The van der Waals surface area contributed by atoms with Gasteiger partial charge in [-0.3, -0.25) is 0 Å². The minimum Gasteiger partial charge on any atom is -0.496 e. The molecule has 1 N–H and O–H groups in total. The Morgan fingerprint density at radius 1 is 1.40 bits per heavy atom. The standard InChI is InChI=1S/C15H19N3O2/c1-10-4-5-11(12(8-10)19-3)13-17-14(20-18-13)15(2)6-7-16-9-15/h4-5,8,16H,6-7,9H2,1-3H3. The lowest BCUT2D eigenvalue weighted by atomic mass is 9.90. The van der Waals surface area contributed by atoms with Gasteiger partial charge < -0.3 is 14.6 Å². The Bertz CT molecular complexity index is 615. The smallest absolute Gasteiger partial charge is 0.234 e. The van der Waals surface area contributed by atoms with Crippen LogP contribution in [0.2, 0.25) is 0 Å². The Hall–Kier alpha value is -1.88. The van der Waals surface area contributed by atoms with Crippen LogP contribution in [0.15, 0.2) is 22.7 Å². The molecule has 1 saturated heterocycles. The van der Waals surface area contributed by atoms with Crippen molar-refractivity contribution in [3.63, 3.8) is 0 Å². The molecule has 0 bridgehead atoms.